The highest BCUT2D eigenvalue weighted by Gasteiger charge is 2.00. The van der Waals surface area contributed by atoms with Crippen molar-refractivity contribution in [1.29, 1.82) is 0 Å². The fourth-order valence-electron chi connectivity index (χ4n) is 4.22. The lowest BCUT2D eigenvalue weighted by Gasteiger charge is -2.42. The monoisotopic (exact) mass is 528 g/mol. The van der Waals surface area contributed by atoms with E-state index in [4.69, 9.17) is 4.74 Å². The van der Waals surface area contributed by atoms with Crippen molar-refractivity contribution in [2.75, 3.05) is 12.8 Å². The average molecular weight is 529 g/mol. The summed E-state index contributed by atoms with van der Waals surface area (Å²) in [6.07, 6.45) is 17.6. The molecule has 2 aromatic carbocycles. The van der Waals surface area contributed by atoms with E-state index in [1.165, 1.54) is 70.6 Å². The van der Waals surface area contributed by atoms with Gasteiger partial charge in [0.1, 0.15) is 5.75 Å². The normalized spacial score (nSPS) is 11.9. The van der Waals surface area contributed by atoms with Gasteiger partial charge in [-0.1, -0.05) is 89.7 Å². The van der Waals surface area contributed by atoms with Gasteiger partial charge in [0.2, 0.25) is 0 Å². The van der Waals surface area contributed by atoms with Crippen LogP contribution in [0.2, 0.25) is 0 Å². The SMILES string of the molecule is CCCCCCCCCCCCCCOc1ccc(N=Nc2ccc(CCCC[P+]([O-])([O-])[O-])cc2)cc1. The summed E-state index contributed by atoms with van der Waals surface area (Å²) in [5, 5.41) is 8.57. The molecule has 0 amide bonds. The third-order valence-electron chi connectivity index (χ3n) is 6.47. The lowest BCUT2D eigenvalue weighted by atomic mass is 10.1. The zero-order chi connectivity index (χ0) is 26.6. The van der Waals surface area contributed by atoms with Gasteiger partial charge in [0.15, 0.2) is 0 Å². The highest BCUT2D eigenvalue weighted by Crippen LogP contribution is 2.29. The summed E-state index contributed by atoms with van der Waals surface area (Å²) in [5.74, 6) is 0.858. The molecule has 0 fully saturated rings. The second kappa shape index (κ2) is 19.3. The minimum absolute atomic E-state index is 0.275. The maximum absolute atomic E-state index is 10.7. The molecule has 7 heteroatoms. The van der Waals surface area contributed by atoms with Gasteiger partial charge in [-0.15, -0.1) is 0 Å². The van der Waals surface area contributed by atoms with E-state index in [1.807, 2.05) is 48.5 Å². The van der Waals surface area contributed by atoms with Gasteiger partial charge < -0.3 is 19.4 Å². The van der Waals surface area contributed by atoms with Crippen LogP contribution in [0.3, 0.4) is 0 Å². The van der Waals surface area contributed by atoms with E-state index < -0.39 is 7.94 Å². The number of nitrogens with zero attached hydrogens (tertiary/aromatic N) is 2. The lowest BCUT2D eigenvalue weighted by molar-refractivity contribution is -0.427. The van der Waals surface area contributed by atoms with E-state index in [0.29, 0.717) is 12.8 Å². The molecule has 0 aliphatic heterocycles. The molecule has 0 aliphatic rings. The number of hydrogen-bond acceptors (Lipinski definition) is 6. The number of hydrogen-bond donors (Lipinski definition) is 0. The smallest absolute Gasteiger partial charge is 0.119 e. The minimum atomic E-state index is -4.39. The predicted octanol–water partition coefficient (Wildman–Crippen LogP) is 7.35. The molecule has 0 atom stereocenters. The Kier molecular flexibility index (Phi) is 16.3. The number of ether oxygens (including phenoxy) is 1. The first-order valence-electron chi connectivity index (χ1n) is 14.2. The Balaban J connectivity index is 1.54. The molecule has 0 heterocycles. The standard InChI is InChI=1S/C30H47N2O4P/c1-2-3-4-5-6-7-8-9-10-11-12-14-25-36-30-23-21-29(22-24-30)32-31-28-19-17-27(18-20-28)16-13-15-26-37(33,34)35/h17-24H,2-16,25-26H2,1H3,(H2,33,34,35)/p-2. The molecule has 2 aromatic rings. The molecular weight excluding hydrogens is 483 g/mol. The van der Waals surface area contributed by atoms with Gasteiger partial charge in [0, 0.05) is 6.16 Å². The van der Waals surface area contributed by atoms with Crippen LogP contribution >= 0.6 is 7.94 Å². The van der Waals surface area contributed by atoms with Gasteiger partial charge in [0.05, 0.1) is 18.0 Å². The quantitative estimate of drug-likeness (QED) is 0.0960. The molecular formula is C30H45N2O4P-2. The maximum Gasteiger partial charge on any atom is 0.119 e. The van der Waals surface area contributed by atoms with Crippen LogP contribution in [0, 0.1) is 0 Å². The highest BCUT2D eigenvalue weighted by molar-refractivity contribution is 7.54. The predicted molar refractivity (Wildman–Crippen MR) is 148 cm³/mol. The van der Waals surface area contributed by atoms with E-state index in [2.05, 4.69) is 17.2 Å². The largest absolute Gasteiger partial charge is 0.688 e. The number of rotatable bonds is 21. The molecule has 206 valence electrons. The lowest BCUT2D eigenvalue weighted by Crippen LogP contribution is -2.34. The summed E-state index contributed by atoms with van der Waals surface area (Å²) in [4.78, 5) is 32.0. The van der Waals surface area contributed by atoms with Crippen molar-refractivity contribution in [3.05, 3.63) is 54.1 Å². The first-order valence-corrected chi connectivity index (χ1v) is 15.9. The van der Waals surface area contributed by atoms with Crippen molar-refractivity contribution >= 4 is 19.3 Å². The first-order chi connectivity index (χ1) is 18.0. The van der Waals surface area contributed by atoms with Gasteiger partial charge in [0.25, 0.3) is 0 Å². The average Bonchev–Trinajstić information content (AvgIpc) is 2.89. The Bertz CT molecular complexity index is 851. The van der Waals surface area contributed by atoms with Gasteiger partial charge in [-0.25, -0.2) is 0 Å². The molecule has 0 aliphatic carbocycles. The highest BCUT2D eigenvalue weighted by atomic mass is 31.2. The molecule has 2 rings (SSSR count). The molecule has 0 spiro atoms. The number of benzene rings is 2. The Morgan fingerprint density at radius 2 is 1.08 bits per heavy atom. The van der Waals surface area contributed by atoms with Crippen molar-refractivity contribution in [2.24, 2.45) is 10.2 Å². The Labute approximate surface area is 224 Å². The summed E-state index contributed by atoms with van der Waals surface area (Å²) in [6, 6.07) is 15.3. The van der Waals surface area contributed by atoms with Crippen molar-refractivity contribution in [3.8, 4) is 5.75 Å². The molecule has 0 bridgehead atoms. The van der Waals surface area contributed by atoms with Crippen LogP contribution in [0.5, 0.6) is 5.75 Å². The second-order valence-electron chi connectivity index (χ2n) is 9.89. The summed E-state index contributed by atoms with van der Waals surface area (Å²) in [6.45, 7) is 3.02. The van der Waals surface area contributed by atoms with E-state index in [-0.39, 0.29) is 6.16 Å². The summed E-state index contributed by atoms with van der Waals surface area (Å²) in [5.41, 5.74) is 2.60. The zero-order valence-corrected chi connectivity index (χ0v) is 23.5. The summed E-state index contributed by atoms with van der Waals surface area (Å²) < 4.78 is 5.87. The fraction of sp³-hybridized carbons (Fsp3) is 0.600. The van der Waals surface area contributed by atoms with Crippen LogP contribution < -0.4 is 19.4 Å². The van der Waals surface area contributed by atoms with E-state index >= 15 is 0 Å². The van der Waals surface area contributed by atoms with Crippen LogP contribution in [0.25, 0.3) is 0 Å². The number of azo groups is 1. The Hall–Kier alpha value is -1.85. The van der Waals surface area contributed by atoms with Crippen LogP contribution in [-0.4, -0.2) is 12.8 Å². The maximum atomic E-state index is 10.7. The third-order valence-corrected chi connectivity index (χ3v) is 7.33. The second-order valence-corrected chi connectivity index (χ2v) is 11.6. The summed E-state index contributed by atoms with van der Waals surface area (Å²) >= 11 is 0. The van der Waals surface area contributed by atoms with Crippen LogP contribution in [0.1, 0.15) is 102 Å². The van der Waals surface area contributed by atoms with Gasteiger partial charge >= 0.3 is 0 Å². The van der Waals surface area contributed by atoms with Crippen LogP contribution in [0.4, 0.5) is 11.4 Å². The van der Waals surface area contributed by atoms with Crippen LogP contribution in [0.15, 0.2) is 58.8 Å². The third kappa shape index (κ3) is 16.6. The molecule has 0 aromatic heterocycles. The zero-order valence-electron chi connectivity index (χ0n) is 22.6. The van der Waals surface area contributed by atoms with Gasteiger partial charge in [-0.3, -0.25) is 0 Å². The van der Waals surface area contributed by atoms with E-state index in [9.17, 15) is 14.7 Å². The number of aryl methyl sites for hydroxylation is 1. The fourth-order valence-corrected chi connectivity index (χ4v) is 4.83. The molecule has 0 saturated heterocycles. The van der Waals surface area contributed by atoms with E-state index in [0.717, 1.165) is 42.1 Å². The van der Waals surface area contributed by atoms with Crippen molar-refractivity contribution in [1.82, 2.24) is 0 Å². The Morgan fingerprint density at radius 1 is 0.595 bits per heavy atom. The molecule has 0 saturated carbocycles. The molecule has 0 radical (unpaired) electrons. The van der Waals surface area contributed by atoms with Gasteiger partial charge in [-0.2, -0.15) is 18.2 Å². The summed E-state index contributed by atoms with van der Waals surface area (Å²) in [7, 11) is -4.39. The minimum Gasteiger partial charge on any atom is -0.688 e. The van der Waals surface area contributed by atoms with Crippen molar-refractivity contribution < 1.29 is 19.4 Å². The van der Waals surface area contributed by atoms with Crippen molar-refractivity contribution in [2.45, 2.75) is 103 Å². The molecule has 37 heavy (non-hydrogen) atoms. The topological polar surface area (TPSA) is 103 Å². The van der Waals surface area contributed by atoms with E-state index in [1.54, 1.807) is 0 Å². The van der Waals surface area contributed by atoms with Crippen molar-refractivity contribution in [3.63, 3.8) is 0 Å². The molecule has 0 unspecified atom stereocenters. The van der Waals surface area contributed by atoms with Crippen LogP contribution in [-0.2, 0) is 6.42 Å². The first kappa shape index (κ1) is 31.4. The molecule has 6 nitrogen and oxygen atoms in total. The van der Waals surface area contributed by atoms with Gasteiger partial charge in [-0.05, 0) is 67.6 Å². The molecule has 0 N–H and O–H groups in total. The Morgan fingerprint density at radius 3 is 1.59 bits per heavy atom. The number of unbranched alkanes of at least 4 members (excludes halogenated alkanes) is 12.